The summed E-state index contributed by atoms with van der Waals surface area (Å²) in [5.41, 5.74) is -0.759. The van der Waals surface area contributed by atoms with Gasteiger partial charge >= 0.3 is 6.18 Å². The molecule has 1 atom stereocenters. The number of halogens is 3. The van der Waals surface area contributed by atoms with E-state index in [1.165, 1.54) is 17.9 Å². The molecule has 0 saturated carbocycles. The van der Waals surface area contributed by atoms with Crippen molar-refractivity contribution in [1.29, 1.82) is 0 Å². The van der Waals surface area contributed by atoms with E-state index in [1.54, 1.807) is 18.9 Å². The van der Waals surface area contributed by atoms with Gasteiger partial charge in [0.1, 0.15) is 0 Å². The Labute approximate surface area is 132 Å². The molecule has 0 aliphatic rings. The van der Waals surface area contributed by atoms with Crippen LogP contribution in [0.1, 0.15) is 55.7 Å². The highest BCUT2D eigenvalue weighted by Gasteiger charge is 2.37. The van der Waals surface area contributed by atoms with Crippen LogP contribution in [-0.2, 0) is 19.8 Å². The number of nitrogens with zero attached hydrogens (tertiary/aromatic N) is 5. The standard InChI is InChI=1S/C14H20F3N5O/c1-8(2)12-18-13(23-20-12)9(3)21(4)6-10-7-22(5)19-11(10)14(15,16)17/h7-9H,6H2,1-5H3. The van der Waals surface area contributed by atoms with Gasteiger partial charge < -0.3 is 4.52 Å². The minimum atomic E-state index is -4.48. The SMILES string of the molecule is CC(C)c1noc(C(C)N(C)Cc2cn(C)nc2C(F)(F)F)n1. The summed E-state index contributed by atoms with van der Waals surface area (Å²) in [5, 5.41) is 7.39. The van der Waals surface area contributed by atoms with Crippen molar-refractivity contribution >= 4 is 0 Å². The maximum absolute atomic E-state index is 13.0. The monoisotopic (exact) mass is 331 g/mol. The molecule has 1 unspecified atom stereocenters. The van der Waals surface area contributed by atoms with Crippen molar-refractivity contribution in [1.82, 2.24) is 24.8 Å². The molecule has 2 rings (SSSR count). The summed E-state index contributed by atoms with van der Waals surface area (Å²) in [5.74, 6) is 1.09. The highest BCUT2D eigenvalue weighted by Crippen LogP contribution is 2.32. The van der Waals surface area contributed by atoms with E-state index in [9.17, 15) is 13.2 Å². The molecular formula is C14H20F3N5O. The van der Waals surface area contributed by atoms with Crippen molar-refractivity contribution in [3.63, 3.8) is 0 Å². The van der Waals surface area contributed by atoms with E-state index < -0.39 is 11.9 Å². The van der Waals surface area contributed by atoms with Gasteiger partial charge in [0.15, 0.2) is 11.5 Å². The molecule has 0 spiro atoms. The topological polar surface area (TPSA) is 60.0 Å². The fraction of sp³-hybridized carbons (Fsp3) is 0.643. The smallest absolute Gasteiger partial charge is 0.338 e. The Morgan fingerprint density at radius 2 is 1.96 bits per heavy atom. The number of aromatic nitrogens is 4. The second-order valence-corrected chi connectivity index (χ2v) is 5.91. The molecule has 128 valence electrons. The number of hydrogen-bond donors (Lipinski definition) is 0. The Morgan fingerprint density at radius 3 is 2.48 bits per heavy atom. The minimum absolute atomic E-state index is 0.0727. The van der Waals surface area contributed by atoms with E-state index in [4.69, 9.17) is 4.52 Å². The van der Waals surface area contributed by atoms with Gasteiger partial charge in [-0.2, -0.15) is 23.3 Å². The highest BCUT2D eigenvalue weighted by molar-refractivity contribution is 5.20. The van der Waals surface area contributed by atoms with Gasteiger partial charge in [-0.15, -0.1) is 0 Å². The largest absolute Gasteiger partial charge is 0.435 e. The lowest BCUT2D eigenvalue weighted by Crippen LogP contribution is -2.23. The van der Waals surface area contributed by atoms with E-state index in [0.29, 0.717) is 11.7 Å². The van der Waals surface area contributed by atoms with Crippen LogP contribution in [-0.4, -0.2) is 31.9 Å². The average Bonchev–Trinajstić information content (AvgIpc) is 3.04. The van der Waals surface area contributed by atoms with Crippen molar-refractivity contribution in [2.24, 2.45) is 7.05 Å². The molecule has 0 amide bonds. The van der Waals surface area contributed by atoms with Gasteiger partial charge in [-0.1, -0.05) is 19.0 Å². The number of rotatable bonds is 5. The summed E-state index contributed by atoms with van der Waals surface area (Å²) in [6, 6.07) is -0.309. The Morgan fingerprint density at radius 1 is 1.30 bits per heavy atom. The lowest BCUT2D eigenvalue weighted by atomic mass is 10.2. The predicted octanol–water partition coefficient (Wildman–Crippen LogP) is 3.14. The minimum Gasteiger partial charge on any atom is -0.338 e. The molecular weight excluding hydrogens is 311 g/mol. The molecule has 0 saturated heterocycles. The van der Waals surface area contributed by atoms with Crippen LogP contribution in [0.5, 0.6) is 0 Å². The van der Waals surface area contributed by atoms with E-state index in [0.717, 1.165) is 0 Å². The third-order valence-electron chi connectivity index (χ3n) is 3.59. The van der Waals surface area contributed by atoms with E-state index in [-0.39, 0.29) is 24.1 Å². The molecule has 6 nitrogen and oxygen atoms in total. The molecule has 23 heavy (non-hydrogen) atoms. The Kier molecular flexibility index (Phi) is 4.79. The molecule has 0 aromatic carbocycles. The molecule has 0 bridgehead atoms. The van der Waals surface area contributed by atoms with Gasteiger partial charge in [0.2, 0.25) is 5.89 Å². The zero-order valence-electron chi connectivity index (χ0n) is 13.7. The summed E-state index contributed by atoms with van der Waals surface area (Å²) in [4.78, 5) is 6.00. The van der Waals surface area contributed by atoms with E-state index in [2.05, 4.69) is 15.2 Å². The fourth-order valence-electron chi connectivity index (χ4n) is 2.14. The van der Waals surface area contributed by atoms with Gasteiger partial charge in [0.05, 0.1) is 6.04 Å². The maximum Gasteiger partial charge on any atom is 0.435 e. The Bertz CT molecular complexity index is 662. The summed E-state index contributed by atoms with van der Waals surface area (Å²) in [7, 11) is 3.17. The second-order valence-electron chi connectivity index (χ2n) is 5.91. The Balaban J connectivity index is 2.16. The fourth-order valence-corrected chi connectivity index (χ4v) is 2.14. The van der Waals surface area contributed by atoms with Crippen molar-refractivity contribution in [2.75, 3.05) is 7.05 Å². The van der Waals surface area contributed by atoms with Crippen molar-refractivity contribution in [3.8, 4) is 0 Å². The first kappa shape index (κ1) is 17.5. The van der Waals surface area contributed by atoms with Crippen LogP contribution in [0.4, 0.5) is 13.2 Å². The van der Waals surface area contributed by atoms with Crippen molar-refractivity contribution < 1.29 is 17.7 Å². The lowest BCUT2D eigenvalue weighted by molar-refractivity contribution is -0.142. The molecule has 0 fully saturated rings. The Hall–Kier alpha value is -1.90. The van der Waals surface area contributed by atoms with Gasteiger partial charge in [-0.25, -0.2) is 0 Å². The quantitative estimate of drug-likeness (QED) is 0.842. The highest BCUT2D eigenvalue weighted by atomic mass is 19.4. The summed E-state index contributed by atoms with van der Waals surface area (Å²) >= 11 is 0. The van der Waals surface area contributed by atoms with Gasteiger partial charge in [-0.3, -0.25) is 9.58 Å². The molecule has 0 radical (unpaired) electrons. The van der Waals surface area contributed by atoms with Gasteiger partial charge in [0, 0.05) is 31.3 Å². The van der Waals surface area contributed by atoms with Crippen LogP contribution in [0.2, 0.25) is 0 Å². The summed E-state index contributed by atoms with van der Waals surface area (Å²) in [6.07, 6.45) is -3.10. The molecule has 2 heterocycles. The normalized spacial score (nSPS) is 14.0. The average molecular weight is 331 g/mol. The number of aryl methyl sites for hydroxylation is 1. The van der Waals surface area contributed by atoms with Crippen LogP contribution in [0, 0.1) is 0 Å². The predicted molar refractivity (Wildman–Crippen MR) is 76.5 cm³/mol. The molecule has 0 N–H and O–H groups in total. The van der Waals surface area contributed by atoms with E-state index >= 15 is 0 Å². The number of alkyl halides is 3. The molecule has 9 heteroatoms. The summed E-state index contributed by atoms with van der Waals surface area (Å²) in [6.45, 7) is 5.76. The van der Waals surface area contributed by atoms with Crippen molar-refractivity contribution in [2.45, 2.75) is 45.5 Å². The second kappa shape index (κ2) is 6.31. The van der Waals surface area contributed by atoms with E-state index in [1.807, 2.05) is 13.8 Å². The van der Waals surface area contributed by atoms with Gasteiger partial charge in [-0.05, 0) is 14.0 Å². The molecule has 0 aliphatic heterocycles. The lowest BCUT2D eigenvalue weighted by Gasteiger charge is -2.21. The zero-order valence-corrected chi connectivity index (χ0v) is 13.7. The third kappa shape index (κ3) is 3.90. The molecule has 0 aliphatic carbocycles. The first-order valence-electron chi connectivity index (χ1n) is 7.23. The number of hydrogen-bond acceptors (Lipinski definition) is 5. The van der Waals surface area contributed by atoms with Gasteiger partial charge in [0.25, 0.3) is 0 Å². The molecule has 2 aromatic heterocycles. The van der Waals surface area contributed by atoms with Crippen LogP contribution in [0.3, 0.4) is 0 Å². The maximum atomic E-state index is 13.0. The molecule has 2 aromatic rings. The van der Waals surface area contributed by atoms with Crippen LogP contribution >= 0.6 is 0 Å². The van der Waals surface area contributed by atoms with Crippen LogP contribution < -0.4 is 0 Å². The third-order valence-corrected chi connectivity index (χ3v) is 3.59. The van der Waals surface area contributed by atoms with Crippen LogP contribution in [0.15, 0.2) is 10.7 Å². The first-order chi connectivity index (χ1) is 10.6. The summed E-state index contributed by atoms with van der Waals surface area (Å²) < 4.78 is 45.3. The van der Waals surface area contributed by atoms with Crippen molar-refractivity contribution in [3.05, 3.63) is 29.2 Å². The zero-order chi connectivity index (χ0) is 17.4. The van der Waals surface area contributed by atoms with Crippen LogP contribution in [0.25, 0.3) is 0 Å². The first-order valence-corrected chi connectivity index (χ1v) is 7.23.